The molecule has 5 fully saturated rings. The van der Waals surface area contributed by atoms with Crippen molar-refractivity contribution in [3.05, 3.63) is 0 Å². The van der Waals surface area contributed by atoms with Crippen LogP contribution in [0.2, 0.25) is 0 Å². The van der Waals surface area contributed by atoms with Crippen molar-refractivity contribution in [2.24, 2.45) is 39.9 Å². The highest BCUT2D eigenvalue weighted by Gasteiger charge is 2.76. The van der Waals surface area contributed by atoms with E-state index in [9.17, 15) is 4.79 Å². The van der Waals surface area contributed by atoms with Crippen LogP contribution in [0.15, 0.2) is 0 Å². The van der Waals surface area contributed by atoms with Gasteiger partial charge in [0, 0.05) is 6.42 Å². The minimum absolute atomic E-state index is 0.000758. The van der Waals surface area contributed by atoms with Crippen LogP contribution >= 0.6 is 0 Å². The summed E-state index contributed by atoms with van der Waals surface area (Å²) < 4.78 is 18.4. The maximum absolute atomic E-state index is 12.4. The smallest absolute Gasteiger partial charge is 0.305 e. The van der Waals surface area contributed by atoms with Crippen LogP contribution in [-0.4, -0.2) is 35.5 Å². The van der Waals surface area contributed by atoms with Gasteiger partial charge in [0.15, 0.2) is 0 Å². The third-order valence-electron chi connectivity index (χ3n) is 14.5. The van der Waals surface area contributed by atoms with Crippen molar-refractivity contribution in [2.45, 2.75) is 188 Å². The molecule has 5 rings (SSSR count). The molecule has 3 aliphatic carbocycles. The van der Waals surface area contributed by atoms with E-state index in [2.05, 4.69) is 62.3 Å². The first kappa shape index (κ1) is 32.8. The Morgan fingerprint density at radius 3 is 2.19 bits per heavy atom. The molecule has 3 saturated carbocycles. The minimum atomic E-state index is -0.0339. The molecule has 2 saturated heterocycles. The third kappa shape index (κ3) is 5.54. The number of esters is 1. The monoisotopic (exact) mass is 586 g/mol. The molecule has 0 amide bonds. The Morgan fingerprint density at radius 2 is 1.55 bits per heavy atom. The van der Waals surface area contributed by atoms with Crippen molar-refractivity contribution in [3.63, 3.8) is 0 Å². The van der Waals surface area contributed by atoms with Crippen molar-refractivity contribution >= 4 is 5.97 Å². The van der Waals surface area contributed by atoms with Gasteiger partial charge in [0.25, 0.3) is 0 Å². The molecular weight excluding hydrogens is 520 g/mol. The lowest BCUT2D eigenvalue weighted by Gasteiger charge is -2.65. The van der Waals surface area contributed by atoms with Crippen LogP contribution in [0.3, 0.4) is 0 Å². The Labute approximate surface area is 259 Å². The van der Waals surface area contributed by atoms with Gasteiger partial charge < -0.3 is 14.2 Å². The zero-order chi connectivity index (χ0) is 30.6. The Kier molecular flexibility index (Phi) is 9.08. The lowest BCUT2D eigenvalue weighted by atomic mass is 9.39. The first-order chi connectivity index (χ1) is 19.7. The fraction of sp³-hybridized carbons (Fsp3) is 0.974. The largest absolute Gasteiger partial charge is 0.466 e. The maximum atomic E-state index is 12.4. The van der Waals surface area contributed by atoms with Crippen LogP contribution in [0.25, 0.3) is 0 Å². The average molecular weight is 587 g/mol. The number of hydrogen-bond acceptors (Lipinski definition) is 4. The van der Waals surface area contributed by atoms with E-state index in [1.165, 1.54) is 70.6 Å². The van der Waals surface area contributed by atoms with E-state index in [0.29, 0.717) is 35.9 Å². The molecule has 0 aromatic carbocycles. The number of fused-ring (bicyclic) bond motifs is 3. The van der Waals surface area contributed by atoms with Crippen molar-refractivity contribution in [1.29, 1.82) is 0 Å². The molecule has 0 bridgehead atoms. The van der Waals surface area contributed by atoms with Crippen LogP contribution in [0.4, 0.5) is 0 Å². The van der Waals surface area contributed by atoms with Gasteiger partial charge in [0.05, 0.1) is 23.9 Å². The molecule has 4 nitrogen and oxygen atoms in total. The topological polar surface area (TPSA) is 51.4 Å². The molecule has 1 spiro atoms. The van der Waals surface area contributed by atoms with E-state index in [4.69, 9.17) is 14.2 Å². The highest BCUT2D eigenvalue weighted by Crippen LogP contribution is 2.77. The summed E-state index contributed by atoms with van der Waals surface area (Å²) in [6, 6.07) is 0. The average Bonchev–Trinajstić information content (AvgIpc) is 3.67. The Bertz CT molecular complexity index is 972. The maximum Gasteiger partial charge on any atom is 0.305 e. The van der Waals surface area contributed by atoms with E-state index in [1.807, 2.05) is 0 Å². The number of ether oxygens (including phenoxy) is 3. The van der Waals surface area contributed by atoms with Gasteiger partial charge in [0.2, 0.25) is 0 Å². The molecule has 0 aromatic rings. The number of rotatable bonds is 14. The molecule has 42 heavy (non-hydrogen) atoms. The summed E-state index contributed by atoms with van der Waals surface area (Å²) in [6.07, 6.45) is 19.4. The zero-order valence-electron chi connectivity index (χ0n) is 29.0. The lowest BCUT2D eigenvalue weighted by molar-refractivity contribution is -0.173. The Hall–Kier alpha value is -0.610. The van der Waals surface area contributed by atoms with Gasteiger partial charge in [-0.25, -0.2) is 0 Å². The summed E-state index contributed by atoms with van der Waals surface area (Å²) in [7, 11) is 0. The molecule has 2 aliphatic heterocycles. The van der Waals surface area contributed by atoms with Crippen molar-refractivity contribution in [1.82, 2.24) is 0 Å². The molecule has 0 unspecified atom stereocenters. The molecular formula is C38H66O4. The SMILES string of the molecule is CCCCCCCC(=O)OCCC[C@H]1[C@]2(C)CC[C@@]3(C)[C@H]([C@@H](C)CC[C@H]4OC4(C)C)CC[C@]3(C)[C@H]2CC[C@]12OC2(C)C. The second kappa shape index (κ2) is 11.6. The summed E-state index contributed by atoms with van der Waals surface area (Å²) in [5, 5.41) is 0. The Morgan fingerprint density at radius 1 is 0.857 bits per heavy atom. The van der Waals surface area contributed by atoms with Gasteiger partial charge in [-0.3, -0.25) is 4.79 Å². The molecule has 242 valence electrons. The number of carbonyl (C=O) groups is 1. The molecule has 0 N–H and O–H groups in total. The molecule has 2 heterocycles. The van der Waals surface area contributed by atoms with Crippen molar-refractivity contribution < 1.29 is 19.0 Å². The van der Waals surface area contributed by atoms with Crippen LogP contribution in [-0.2, 0) is 19.0 Å². The van der Waals surface area contributed by atoms with Gasteiger partial charge >= 0.3 is 5.97 Å². The van der Waals surface area contributed by atoms with Gasteiger partial charge in [-0.05, 0) is 138 Å². The van der Waals surface area contributed by atoms with Gasteiger partial charge in [-0.1, -0.05) is 60.3 Å². The first-order valence-electron chi connectivity index (χ1n) is 18.2. The van der Waals surface area contributed by atoms with E-state index in [0.717, 1.165) is 43.4 Å². The van der Waals surface area contributed by atoms with Gasteiger partial charge in [0.1, 0.15) is 5.60 Å². The van der Waals surface area contributed by atoms with Gasteiger partial charge in [-0.2, -0.15) is 0 Å². The summed E-state index contributed by atoms with van der Waals surface area (Å²) in [4.78, 5) is 12.4. The number of epoxide rings is 2. The van der Waals surface area contributed by atoms with Crippen LogP contribution < -0.4 is 0 Å². The zero-order valence-corrected chi connectivity index (χ0v) is 29.0. The van der Waals surface area contributed by atoms with Crippen LogP contribution in [0.1, 0.15) is 165 Å². The normalized spacial score (nSPS) is 43.5. The fourth-order valence-electron chi connectivity index (χ4n) is 11.6. The summed E-state index contributed by atoms with van der Waals surface area (Å²) >= 11 is 0. The van der Waals surface area contributed by atoms with Crippen molar-refractivity contribution in [3.8, 4) is 0 Å². The lowest BCUT2D eigenvalue weighted by Crippen LogP contribution is -2.61. The predicted octanol–water partition coefficient (Wildman–Crippen LogP) is 10.1. The second-order valence-electron chi connectivity index (χ2n) is 17.4. The third-order valence-corrected chi connectivity index (χ3v) is 14.5. The highest BCUT2D eigenvalue weighted by molar-refractivity contribution is 5.69. The van der Waals surface area contributed by atoms with Crippen molar-refractivity contribution in [2.75, 3.05) is 6.61 Å². The second-order valence-corrected chi connectivity index (χ2v) is 17.4. The number of carbonyl (C=O) groups excluding carboxylic acids is 1. The molecule has 4 heteroatoms. The minimum Gasteiger partial charge on any atom is -0.466 e. The van der Waals surface area contributed by atoms with E-state index >= 15 is 0 Å². The summed E-state index contributed by atoms with van der Waals surface area (Å²) in [5.74, 6) is 2.87. The van der Waals surface area contributed by atoms with E-state index in [1.54, 1.807) is 0 Å². The van der Waals surface area contributed by atoms with E-state index < -0.39 is 0 Å². The van der Waals surface area contributed by atoms with Crippen LogP contribution in [0, 0.1) is 39.9 Å². The number of unbranched alkanes of at least 4 members (excludes halogenated alkanes) is 4. The fourth-order valence-corrected chi connectivity index (χ4v) is 11.6. The molecule has 5 aliphatic rings. The van der Waals surface area contributed by atoms with Crippen LogP contribution in [0.5, 0.6) is 0 Å². The molecule has 0 aromatic heterocycles. The molecule has 9 atom stereocenters. The standard InChI is InChI=1S/C38H66O4/c1-10-11-12-13-14-17-32(39)40-26-15-16-30-35(7)24-25-36(8)28(27(2)18-19-31-33(3,4)41-31)20-22-37(36,9)29(35)21-23-38(30)34(5,6)42-38/h27-31H,10-26H2,1-9H3/t27-,28-,29-,30-,31+,35+,36-,37+,38-/m0/s1. The first-order valence-corrected chi connectivity index (χ1v) is 18.2. The number of hydrogen-bond donors (Lipinski definition) is 0. The van der Waals surface area contributed by atoms with E-state index in [-0.39, 0.29) is 28.2 Å². The summed E-state index contributed by atoms with van der Waals surface area (Å²) in [5.41, 5.74) is 1.17. The quantitative estimate of drug-likeness (QED) is 0.115. The Balaban J connectivity index is 1.23. The molecule has 0 radical (unpaired) electrons. The highest BCUT2D eigenvalue weighted by atomic mass is 16.6. The van der Waals surface area contributed by atoms with Gasteiger partial charge in [-0.15, -0.1) is 0 Å². The predicted molar refractivity (Wildman–Crippen MR) is 171 cm³/mol. The summed E-state index contributed by atoms with van der Waals surface area (Å²) in [6.45, 7) is 22.5.